The molecule has 0 radical (unpaired) electrons. The summed E-state index contributed by atoms with van der Waals surface area (Å²) in [6.07, 6.45) is 2.64. The zero-order valence-corrected chi connectivity index (χ0v) is 22.1. The van der Waals surface area contributed by atoms with E-state index in [2.05, 4.69) is 0 Å². The first-order chi connectivity index (χ1) is 18.0. The Morgan fingerprint density at radius 3 is 1.41 bits per heavy atom. The molecule has 0 aliphatic rings. The van der Waals surface area contributed by atoms with E-state index >= 15 is 0 Å². The van der Waals surface area contributed by atoms with Crippen molar-refractivity contribution >= 4 is 0 Å². The van der Waals surface area contributed by atoms with E-state index in [4.69, 9.17) is 28.4 Å². The van der Waals surface area contributed by atoms with Gasteiger partial charge in [-0.1, -0.05) is 20.8 Å². The molecule has 0 saturated heterocycles. The first-order valence-corrected chi connectivity index (χ1v) is 12.9. The first-order valence-electron chi connectivity index (χ1n) is 12.9. The van der Waals surface area contributed by atoms with Crippen molar-refractivity contribution < 1.29 is 41.6 Å². The molecule has 2 rings (SSSR count). The summed E-state index contributed by atoms with van der Waals surface area (Å²) in [5, 5.41) is 0. The topological polar surface area (TPSA) is 55.4 Å². The van der Waals surface area contributed by atoms with Gasteiger partial charge in [0, 0.05) is 32.0 Å². The fourth-order valence-electron chi connectivity index (χ4n) is 3.42. The molecular weight excluding hydrogens is 489 g/mol. The Balaban J connectivity index is 2.42. The molecule has 0 bridgehead atoms. The van der Waals surface area contributed by atoms with E-state index in [1.54, 1.807) is 12.1 Å². The summed E-state index contributed by atoms with van der Waals surface area (Å²) in [6, 6.07) is 5.42. The van der Waals surface area contributed by atoms with Crippen molar-refractivity contribution in [1.82, 2.24) is 0 Å². The summed E-state index contributed by atoms with van der Waals surface area (Å²) in [6.45, 7) is 8.33. The van der Waals surface area contributed by atoms with Crippen LogP contribution in [0, 0.1) is 11.6 Å². The normalized spacial score (nSPS) is 11.1. The van der Waals surface area contributed by atoms with Crippen molar-refractivity contribution in [3.63, 3.8) is 0 Å². The monoisotopic (exact) mass is 528 g/mol. The van der Waals surface area contributed by atoms with E-state index in [0.717, 1.165) is 31.4 Å². The Labute approximate surface area is 218 Å². The predicted molar refractivity (Wildman–Crippen MR) is 136 cm³/mol. The second-order valence-electron chi connectivity index (χ2n) is 8.23. The summed E-state index contributed by atoms with van der Waals surface area (Å²) in [5.41, 5.74) is -0.149. The molecule has 0 saturated carbocycles. The molecule has 2 aromatic carbocycles. The van der Waals surface area contributed by atoms with Gasteiger partial charge in [-0.2, -0.15) is 0 Å². The van der Waals surface area contributed by atoms with Crippen LogP contribution in [0.4, 0.5) is 13.2 Å². The third-order valence-electron chi connectivity index (χ3n) is 5.12. The van der Waals surface area contributed by atoms with Crippen LogP contribution in [0.2, 0.25) is 0 Å². The molecule has 9 heteroatoms. The van der Waals surface area contributed by atoms with Gasteiger partial charge in [-0.3, -0.25) is 0 Å². The predicted octanol–water partition coefficient (Wildman–Crippen LogP) is 6.52. The molecule has 6 nitrogen and oxygen atoms in total. The Kier molecular flexibility index (Phi) is 14.8. The average Bonchev–Trinajstić information content (AvgIpc) is 2.88. The van der Waals surface area contributed by atoms with E-state index < -0.39 is 23.9 Å². The standard InChI is InChI=1S/C28H39F3O6/c1-4-7-32-10-13-35-22-18-26(36-14-11-33-8-5-2)28(27(19-22)37-15-12-34-9-6-3)21-16-24(30)23(20-29)25(31)17-21/h16-19H,4-15,20H2,1-3H3. The molecule has 0 unspecified atom stereocenters. The number of halogens is 3. The van der Waals surface area contributed by atoms with E-state index in [0.29, 0.717) is 69.1 Å². The van der Waals surface area contributed by atoms with E-state index in [1.165, 1.54) is 0 Å². The number of benzene rings is 2. The summed E-state index contributed by atoms with van der Waals surface area (Å²) in [4.78, 5) is 0. The molecule has 0 N–H and O–H groups in total. The molecule has 0 aliphatic carbocycles. The minimum absolute atomic E-state index is 0.152. The highest BCUT2D eigenvalue weighted by Gasteiger charge is 2.21. The van der Waals surface area contributed by atoms with Gasteiger partial charge in [-0.25, -0.2) is 13.2 Å². The molecule has 0 atom stereocenters. The van der Waals surface area contributed by atoms with Crippen LogP contribution in [-0.2, 0) is 20.9 Å². The molecular formula is C28H39F3O6. The Bertz CT molecular complexity index is 867. The number of alkyl halides is 1. The quantitative estimate of drug-likeness (QED) is 0.183. The third-order valence-corrected chi connectivity index (χ3v) is 5.12. The van der Waals surface area contributed by atoms with Crippen LogP contribution in [0.15, 0.2) is 24.3 Å². The molecule has 37 heavy (non-hydrogen) atoms. The second-order valence-corrected chi connectivity index (χ2v) is 8.23. The average molecular weight is 529 g/mol. The minimum Gasteiger partial charge on any atom is -0.491 e. The summed E-state index contributed by atoms with van der Waals surface area (Å²) < 4.78 is 76.5. The van der Waals surface area contributed by atoms with Gasteiger partial charge in [-0.05, 0) is 37.0 Å². The van der Waals surface area contributed by atoms with Gasteiger partial charge in [0.25, 0.3) is 0 Å². The van der Waals surface area contributed by atoms with Crippen molar-refractivity contribution in [2.75, 3.05) is 59.5 Å². The SMILES string of the molecule is CCCOCCOc1cc(OCCOCCC)c(-c2cc(F)c(CF)c(F)c2)c(OCCOCCC)c1. The molecule has 0 fully saturated rings. The Morgan fingerprint density at radius 1 is 0.568 bits per heavy atom. The molecule has 2 aromatic rings. The zero-order chi connectivity index (χ0) is 26.9. The lowest BCUT2D eigenvalue weighted by atomic mass is 10.0. The molecule has 208 valence electrons. The lowest BCUT2D eigenvalue weighted by Gasteiger charge is -2.19. The van der Waals surface area contributed by atoms with Crippen LogP contribution in [0.1, 0.15) is 45.6 Å². The van der Waals surface area contributed by atoms with Crippen LogP contribution in [0.5, 0.6) is 17.2 Å². The maximum absolute atomic E-state index is 14.6. The molecule has 0 amide bonds. The van der Waals surface area contributed by atoms with E-state index in [-0.39, 0.29) is 18.8 Å². The molecule has 0 spiro atoms. The van der Waals surface area contributed by atoms with Crippen molar-refractivity contribution in [2.45, 2.75) is 46.7 Å². The van der Waals surface area contributed by atoms with Gasteiger partial charge in [0.15, 0.2) is 0 Å². The maximum Gasteiger partial charge on any atom is 0.134 e. The van der Waals surface area contributed by atoms with Crippen LogP contribution in [0.3, 0.4) is 0 Å². The number of rotatable bonds is 20. The van der Waals surface area contributed by atoms with E-state index in [1.807, 2.05) is 20.8 Å². The highest BCUT2D eigenvalue weighted by atomic mass is 19.1. The number of ether oxygens (including phenoxy) is 6. The molecule has 0 heterocycles. The smallest absolute Gasteiger partial charge is 0.134 e. The van der Waals surface area contributed by atoms with Crippen molar-refractivity contribution in [3.05, 3.63) is 41.5 Å². The summed E-state index contributed by atoms with van der Waals surface area (Å²) in [7, 11) is 0. The van der Waals surface area contributed by atoms with Gasteiger partial charge in [0.2, 0.25) is 0 Å². The minimum atomic E-state index is -1.25. The second kappa shape index (κ2) is 17.9. The highest BCUT2D eigenvalue weighted by molar-refractivity contribution is 5.78. The maximum atomic E-state index is 14.6. The first kappa shape index (κ1) is 30.7. The highest BCUT2D eigenvalue weighted by Crippen LogP contribution is 2.43. The van der Waals surface area contributed by atoms with Crippen LogP contribution in [-0.4, -0.2) is 59.5 Å². The van der Waals surface area contributed by atoms with Gasteiger partial charge in [0.05, 0.1) is 30.9 Å². The lowest BCUT2D eigenvalue weighted by molar-refractivity contribution is 0.0959. The Morgan fingerprint density at radius 2 is 1.00 bits per heavy atom. The van der Waals surface area contributed by atoms with Gasteiger partial charge in [0.1, 0.15) is 55.4 Å². The number of hydrogen-bond acceptors (Lipinski definition) is 6. The van der Waals surface area contributed by atoms with Gasteiger partial charge < -0.3 is 28.4 Å². The molecule has 0 aliphatic heterocycles. The third kappa shape index (κ3) is 10.4. The van der Waals surface area contributed by atoms with Crippen molar-refractivity contribution in [3.8, 4) is 28.4 Å². The van der Waals surface area contributed by atoms with Crippen molar-refractivity contribution in [1.29, 1.82) is 0 Å². The summed E-state index contributed by atoms with van der Waals surface area (Å²) in [5.74, 6) is -0.938. The van der Waals surface area contributed by atoms with Crippen LogP contribution in [0.25, 0.3) is 11.1 Å². The summed E-state index contributed by atoms with van der Waals surface area (Å²) >= 11 is 0. The fourth-order valence-corrected chi connectivity index (χ4v) is 3.42. The van der Waals surface area contributed by atoms with E-state index in [9.17, 15) is 13.2 Å². The largest absolute Gasteiger partial charge is 0.491 e. The molecule has 0 aromatic heterocycles. The van der Waals surface area contributed by atoms with Crippen LogP contribution >= 0.6 is 0 Å². The van der Waals surface area contributed by atoms with Gasteiger partial charge >= 0.3 is 0 Å². The zero-order valence-electron chi connectivity index (χ0n) is 22.1. The van der Waals surface area contributed by atoms with Crippen LogP contribution < -0.4 is 14.2 Å². The Hall–Kier alpha value is -2.49. The fraction of sp³-hybridized carbons (Fsp3) is 0.571. The van der Waals surface area contributed by atoms with Crippen molar-refractivity contribution in [2.24, 2.45) is 0 Å². The van der Waals surface area contributed by atoms with Gasteiger partial charge in [-0.15, -0.1) is 0 Å². The number of hydrogen-bond donors (Lipinski definition) is 0. The lowest BCUT2D eigenvalue weighted by Crippen LogP contribution is -2.11.